The van der Waals surface area contributed by atoms with Gasteiger partial charge in [0.1, 0.15) is 5.75 Å². The van der Waals surface area contributed by atoms with Crippen LogP contribution >= 0.6 is 0 Å². The molecule has 0 aliphatic carbocycles. The molecule has 28 heavy (non-hydrogen) atoms. The van der Waals surface area contributed by atoms with Gasteiger partial charge in [0, 0.05) is 18.7 Å². The van der Waals surface area contributed by atoms with Crippen LogP contribution in [0.15, 0.2) is 53.4 Å². The SMILES string of the molecule is CC(=O)c1cccc(S(=O)(=O)N2CCC(C(=O)Oc3cccc(C)c3)CC2)c1. The van der Waals surface area contributed by atoms with Crippen molar-refractivity contribution in [3.63, 3.8) is 0 Å². The number of ketones is 1. The molecule has 2 aromatic rings. The molecular weight excluding hydrogens is 378 g/mol. The van der Waals surface area contributed by atoms with E-state index in [0.29, 0.717) is 24.2 Å². The van der Waals surface area contributed by atoms with E-state index in [1.54, 1.807) is 24.3 Å². The molecule has 6 nitrogen and oxygen atoms in total. The van der Waals surface area contributed by atoms with Crippen molar-refractivity contribution in [2.75, 3.05) is 13.1 Å². The van der Waals surface area contributed by atoms with Crippen molar-refractivity contribution in [1.82, 2.24) is 4.31 Å². The third-order valence-electron chi connectivity index (χ3n) is 4.87. The van der Waals surface area contributed by atoms with Crippen molar-refractivity contribution in [2.24, 2.45) is 5.92 Å². The van der Waals surface area contributed by atoms with E-state index in [4.69, 9.17) is 4.74 Å². The minimum absolute atomic E-state index is 0.0981. The summed E-state index contributed by atoms with van der Waals surface area (Å²) in [6.07, 6.45) is 0.798. The van der Waals surface area contributed by atoms with E-state index in [1.165, 1.54) is 23.4 Å². The zero-order valence-corrected chi connectivity index (χ0v) is 16.7. The number of rotatable bonds is 5. The number of hydrogen-bond acceptors (Lipinski definition) is 5. The molecule has 1 aliphatic heterocycles. The lowest BCUT2D eigenvalue weighted by atomic mass is 9.98. The fraction of sp³-hybridized carbons (Fsp3) is 0.333. The highest BCUT2D eigenvalue weighted by Crippen LogP contribution is 2.26. The Kier molecular flexibility index (Phi) is 5.96. The Labute approximate surface area is 165 Å². The number of Topliss-reactive ketones (excluding diaryl/α,β-unsaturated/α-hetero) is 1. The van der Waals surface area contributed by atoms with Crippen LogP contribution in [-0.4, -0.2) is 37.6 Å². The van der Waals surface area contributed by atoms with Gasteiger partial charge in [0.25, 0.3) is 0 Å². The van der Waals surface area contributed by atoms with Crippen LogP contribution in [0.4, 0.5) is 0 Å². The number of carbonyl (C=O) groups excluding carboxylic acids is 2. The Balaban J connectivity index is 1.65. The predicted octanol–water partition coefficient (Wildman–Crippen LogP) is 3.20. The minimum Gasteiger partial charge on any atom is -0.426 e. The van der Waals surface area contributed by atoms with Crippen LogP contribution in [0.5, 0.6) is 5.75 Å². The van der Waals surface area contributed by atoms with E-state index in [0.717, 1.165) is 5.56 Å². The van der Waals surface area contributed by atoms with Gasteiger partial charge in [0.15, 0.2) is 5.78 Å². The van der Waals surface area contributed by atoms with Gasteiger partial charge >= 0.3 is 5.97 Å². The van der Waals surface area contributed by atoms with Crippen molar-refractivity contribution in [1.29, 1.82) is 0 Å². The summed E-state index contributed by atoms with van der Waals surface area (Å²) in [6, 6.07) is 13.3. The van der Waals surface area contributed by atoms with Gasteiger partial charge in [-0.3, -0.25) is 9.59 Å². The highest BCUT2D eigenvalue weighted by molar-refractivity contribution is 7.89. The summed E-state index contributed by atoms with van der Waals surface area (Å²) >= 11 is 0. The maximum atomic E-state index is 12.9. The molecule has 0 atom stereocenters. The van der Waals surface area contributed by atoms with Gasteiger partial charge in [-0.15, -0.1) is 0 Å². The van der Waals surface area contributed by atoms with Crippen LogP contribution in [0.3, 0.4) is 0 Å². The fourth-order valence-corrected chi connectivity index (χ4v) is 4.75. The predicted molar refractivity (Wildman–Crippen MR) is 105 cm³/mol. The zero-order chi connectivity index (χ0) is 20.3. The highest BCUT2D eigenvalue weighted by atomic mass is 32.2. The Morgan fingerprint density at radius 2 is 1.71 bits per heavy atom. The molecule has 1 heterocycles. The van der Waals surface area contributed by atoms with Gasteiger partial charge in [0.2, 0.25) is 10.0 Å². The number of ether oxygens (including phenoxy) is 1. The molecule has 0 N–H and O–H groups in total. The van der Waals surface area contributed by atoms with E-state index in [-0.39, 0.29) is 35.7 Å². The van der Waals surface area contributed by atoms with E-state index in [9.17, 15) is 18.0 Å². The maximum Gasteiger partial charge on any atom is 0.314 e. The number of aryl methyl sites for hydroxylation is 1. The summed E-state index contributed by atoms with van der Waals surface area (Å²) in [5.74, 6) is -0.354. The van der Waals surface area contributed by atoms with Crippen LogP contribution in [0, 0.1) is 12.8 Å². The number of sulfonamides is 1. The largest absolute Gasteiger partial charge is 0.426 e. The molecular formula is C21H23NO5S. The average Bonchev–Trinajstić information content (AvgIpc) is 2.68. The lowest BCUT2D eigenvalue weighted by Crippen LogP contribution is -2.41. The Morgan fingerprint density at radius 1 is 1.04 bits per heavy atom. The van der Waals surface area contributed by atoms with E-state index in [1.807, 2.05) is 19.1 Å². The molecule has 3 rings (SSSR count). The van der Waals surface area contributed by atoms with E-state index < -0.39 is 10.0 Å². The summed E-state index contributed by atoms with van der Waals surface area (Å²) in [5, 5.41) is 0. The summed E-state index contributed by atoms with van der Waals surface area (Å²) < 4.78 is 32.5. The van der Waals surface area contributed by atoms with Crippen molar-refractivity contribution in [3.8, 4) is 5.75 Å². The lowest BCUT2D eigenvalue weighted by Gasteiger charge is -2.30. The minimum atomic E-state index is -3.70. The van der Waals surface area contributed by atoms with Gasteiger partial charge < -0.3 is 4.74 Å². The second-order valence-electron chi connectivity index (χ2n) is 7.00. The van der Waals surface area contributed by atoms with Crippen molar-refractivity contribution in [2.45, 2.75) is 31.6 Å². The molecule has 2 aromatic carbocycles. The van der Waals surface area contributed by atoms with Crippen molar-refractivity contribution >= 4 is 21.8 Å². The maximum absolute atomic E-state index is 12.9. The van der Waals surface area contributed by atoms with Crippen molar-refractivity contribution in [3.05, 3.63) is 59.7 Å². The summed E-state index contributed by atoms with van der Waals surface area (Å²) in [6.45, 7) is 3.79. The molecule has 1 fully saturated rings. The smallest absolute Gasteiger partial charge is 0.314 e. The average molecular weight is 401 g/mol. The first-order chi connectivity index (χ1) is 13.3. The van der Waals surface area contributed by atoms with Crippen LogP contribution < -0.4 is 4.74 Å². The molecule has 7 heteroatoms. The number of nitrogens with zero attached hydrogens (tertiary/aromatic N) is 1. The van der Waals surface area contributed by atoms with Crippen LogP contribution in [0.1, 0.15) is 35.7 Å². The molecule has 0 spiro atoms. The number of carbonyl (C=O) groups is 2. The molecule has 1 aliphatic rings. The van der Waals surface area contributed by atoms with E-state index >= 15 is 0 Å². The molecule has 1 saturated heterocycles. The van der Waals surface area contributed by atoms with E-state index in [2.05, 4.69) is 0 Å². The lowest BCUT2D eigenvalue weighted by molar-refractivity contribution is -0.140. The Bertz CT molecular complexity index is 991. The molecule has 0 saturated carbocycles. The Morgan fingerprint density at radius 3 is 2.36 bits per heavy atom. The second kappa shape index (κ2) is 8.24. The number of hydrogen-bond donors (Lipinski definition) is 0. The first-order valence-corrected chi connectivity index (χ1v) is 10.6. The van der Waals surface area contributed by atoms with Gasteiger partial charge in [-0.05, 0) is 56.5 Å². The molecule has 0 aromatic heterocycles. The third kappa shape index (κ3) is 4.48. The highest BCUT2D eigenvalue weighted by Gasteiger charge is 2.33. The quantitative estimate of drug-likeness (QED) is 0.437. The van der Waals surface area contributed by atoms with Crippen molar-refractivity contribution < 1.29 is 22.7 Å². The summed E-state index contributed by atoms with van der Waals surface area (Å²) in [5.41, 5.74) is 1.36. The number of benzene rings is 2. The van der Waals surface area contributed by atoms with Crippen LogP contribution in [0.25, 0.3) is 0 Å². The standard InChI is InChI=1S/C21H23NO5S/c1-15-5-3-7-19(13-15)27-21(24)17-9-11-22(12-10-17)28(25,26)20-8-4-6-18(14-20)16(2)23/h3-8,13-14,17H,9-12H2,1-2H3. The zero-order valence-electron chi connectivity index (χ0n) is 15.9. The first kappa shape index (κ1) is 20.2. The Hall–Kier alpha value is -2.51. The topological polar surface area (TPSA) is 80.8 Å². The van der Waals surface area contributed by atoms with Gasteiger partial charge in [0.05, 0.1) is 10.8 Å². The molecule has 0 amide bonds. The molecule has 148 valence electrons. The van der Waals surface area contributed by atoms with Gasteiger partial charge in [-0.25, -0.2) is 8.42 Å². The third-order valence-corrected chi connectivity index (χ3v) is 6.77. The summed E-state index contributed by atoms with van der Waals surface area (Å²) in [7, 11) is -3.70. The summed E-state index contributed by atoms with van der Waals surface area (Å²) in [4.78, 5) is 24.0. The molecule has 0 radical (unpaired) electrons. The first-order valence-electron chi connectivity index (χ1n) is 9.17. The molecule has 0 bridgehead atoms. The normalized spacial score (nSPS) is 15.9. The van der Waals surface area contributed by atoms with Crippen LogP contribution in [0.2, 0.25) is 0 Å². The van der Waals surface area contributed by atoms with Gasteiger partial charge in [-0.1, -0.05) is 24.3 Å². The van der Waals surface area contributed by atoms with Crippen LogP contribution in [-0.2, 0) is 14.8 Å². The number of esters is 1. The molecule has 0 unspecified atom stereocenters. The monoisotopic (exact) mass is 401 g/mol. The van der Waals surface area contributed by atoms with Gasteiger partial charge in [-0.2, -0.15) is 4.31 Å². The fourth-order valence-electron chi connectivity index (χ4n) is 3.23. The number of piperidine rings is 1. The second-order valence-corrected chi connectivity index (χ2v) is 8.94.